The van der Waals surface area contributed by atoms with E-state index < -0.39 is 5.97 Å². The quantitative estimate of drug-likeness (QED) is 0.355. The van der Waals surface area contributed by atoms with Crippen LogP contribution in [0.15, 0.2) is 67.3 Å². The van der Waals surface area contributed by atoms with E-state index in [0.29, 0.717) is 5.75 Å². The average Bonchev–Trinajstić information content (AvgIpc) is 2.47. The van der Waals surface area contributed by atoms with Crippen molar-refractivity contribution in [2.75, 3.05) is 0 Å². The summed E-state index contributed by atoms with van der Waals surface area (Å²) in [5.74, 6) is 0.0696. The number of esters is 1. The molecular weight excluding hydrogens is 236 g/mol. The standard InChI is InChI=1S/C17H14O2/c1-2-17(18)19-16-11-7-6-10-15(16)13-12-14-8-4-3-5-9-14/h2-13H,1H2/b13-12+. The van der Waals surface area contributed by atoms with Crippen molar-refractivity contribution in [2.45, 2.75) is 0 Å². The van der Waals surface area contributed by atoms with E-state index in [-0.39, 0.29) is 0 Å². The van der Waals surface area contributed by atoms with Crippen LogP contribution in [0.1, 0.15) is 11.1 Å². The van der Waals surface area contributed by atoms with Crippen molar-refractivity contribution >= 4 is 18.1 Å². The van der Waals surface area contributed by atoms with Crippen LogP contribution in [0.2, 0.25) is 0 Å². The first kappa shape index (κ1) is 12.8. The van der Waals surface area contributed by atoms with Crippen molar-refractivity contribution in [2.24, 2.45) is 0 Å². The van der Waals surface area contributed by atoms with Crippen molar-refractivity contribution in [1.29, 1.82) is 0 Å². The highest BCUT2D eigenvalue weighted by Crippen LogP contribution is 2.20. The van der Waals surface area contributed by atoms with E-state index in [1.807, 2.05) is 60.7 Å². The molecule has 0 aliphatic heterocycles. The molecule has 0 bridgehead atoms. The van der Waals surface area contributed by atoms with Gasteiger partial charge in [0.25, 0.3) is 0 Å². The second kappa shape index (κ2) is 6.36. The van der Waals surface area contributed by atoms with E-state index in [1.54, 1.807) is 6.07 Å². The Labute approximate surface area is 112 Å². The summed E-state index contributed by atoms with van der Waals surface area (Å²) in [7, 11) is 0. The van der Waals surface area contributed by atoms with Crippen molar-refractivity contribution in [1.82, 2.24) is 0 Å². The summed E-state index contributed by atoms with van der Waals surface area (Å²) in [6.45, 7) is 3.39. The summed E-state index contributed by atoms with van der Waals surface area (Å²) < 4.78 is 5.17. The van der Waals surface area contributed by atoms with Gasteiger partial charge >= 0.3 is 5.97 Å². The van der Waals surface area contributed by atoms with E-state index in [2.05, 4.69) is 6.58 Å². The number of rotatable bonds is 4. The summed E-state index contributed by atoms with van der Waals surface area (Å²) in [6, 6.07) is 17.3. The van der Waals surface area contributed by atoms with E-state index in [9.17, 15) is 4.79 Å². The molecule has 0 saturated carbocycles. The molecule has 0 N–H and O–H groups in total. The van der Waals surface area contributed by atoms with E-state index in [4.69, 9.17) is 4.74 Å². The lowest BCUT2D eigenvalue weighted by molar-refractivity contribution is -0.128. The minimum absolute atomic E-state index is 0.458. The molecule has 0 aliphatic rings. The fourth-order valence-electron chi connectivity index (χ4n) is 1.61. The third kappa shape index (κ3) is 3.68. The molecule has 2 heteroatoms. The van der Waals surface area contributed by atoms with Gasteiger partial charge in [0.1, 0.15) is 5.75 Å². The fraction of sp³-hybridized carbons (Fsp3) is 0. The molecule has 0 aromatic heterocycles. The minimum Gasteiger partial charge on any atom is -0.423 e. The monoisotopic (exact) mass is 250 g/mol. The van der Waals surface area contributed by atoms with Gasteiger partial charge in [-0.15, -0.1) is 0 Å². The predicted octanol–water partition coefficient (Wildman–Crippen LogP) is 3.95. The number of ether oxygens (including phenoxy) is 1. The van der Waals surface area contributed by atoms with E-state index in [1.165, 1.54) is 0 Å². The van der Waals surface area contributed by atoms with Crippen LogP contribution >= 0.6 is 0 Å². The Morgan fingerprint density at radius 1 is 0.947 bits per heavy atom. The Balaban J connectivity index is 2.23. The van der Waals surface area contributed by atoms with Gasteiger partial charge in [-0.2, -0.15) is 0 Å². The van der Waals surface area contributed by atoms with Gasteiger partial charge in [0.15, 0.2) is 0 Å². The maximum absolute atomic E-state index is 11.2. The van der Waals surface area contributed by atoms with Crippen molar-refractivity contribution in [3.05, 3.63) is 78.4 Å². The number of carbonyl (C=O) groups excluding carboxylic acids is 1. The number of carbonyl (C=O) groups is 1. The van der Waals surface area contributed by atoms with Crippen LogP contribution in [0.4, 0.5) is 0 Å². The lowest BCUT2D eigenvalue weighted by atomic mass is 10.1. The van der Waals surface area contributed by atoms with Gasteiger partial charge in [0.05, 0.1) is 0 Å². The third-order valence-electron chi connectivity index (χ3n) is 2.55. The lowest BCUT2D eigenvalue weighted by Gasteiger charge is -2.04. The van der Waals surface area contributed by atoms with Crippen molar-refractivity contribution < 1.29 is 9.53 Å². The van der Waals surface area contributed by atoms with Gasteiger partial charge in [-0.05, 0) is 11.6 Å². The Kier molecular flexibility index (Phi) is 4.29. The number of benzene rings is 2. The molecule has 0 saturated heterocycles. The molecule has 0 spiro atoms. The van der Waals surface area contributed by atoms with E-state index >= 15 is 0 Å². The van der Waals surface area contributed by atoms with Gasteiger partial charge in [-0.25, -0.2) is 4.79 Å². The summed E-state index contributed by atoms with van der Waals surface area (Å²) >= 11 is 0. The number of hydrogen-bond acceptors (Lipinski definition) is 2. The molecular formula is C17H14O2. The van der Waals surface area contributed by atoms with Crippen LogP contribution < -0.4 is 4.74 Å². The van der Waals surface area contributed by atoms with Crippen LogP contribution in [-0.2, 0) is 4.79 Å². The Bertz CT molecular complexity index is 598. The molecule has 0 fully saturated rings. The second-order valence-electron chi connectivity index (χ2n) is 3.91. The normalized spacial score (nSPS) is 10.3. The highest BCUT2D eigenvalue weighted by molar-refractivity contribution is 5.84. The molecule has 0 amide bonds. The SMILES string of the molecule is C=CC(=O)Oc1ccccc1/C=C/c1ccccc1. The molecule has 2 aromatic carbocycles. The molecule has 19 heavy (non-hydrogen) atoms. The molecule has 0 radical (unpaired) electrons. The maximum Gasteiger partial charge on any atom is 0.335 e. The van der Waals surface area contributed by atoms with Crippen LogP contribution in [0, 0.1) is 0 Å². The smallest absolute Gasteiger partial charge is 0.335 e. The lowest BCUT2D eigenvalue weighted by Crippen LogP contribution is -2.03. The Hall–Kier alpha value is -2.61. The summed E-state index contributed by atoms with van der Waals surface area (Å²) in [5, 5.41) is 0. The van der Waals surface area contributed by atoms with Crippen LogP contribution in [-0.4, -0.2) is 5.97 Å². The molecule has 0 heterocycles. The molecule has 2 rings (SSSR count). The fourth-order valence-corrected chi connectivity index (χ4v) is 1.61. The molecule has 0 atom stereocenters. The third-order valence-corrected chi connectivity index (χ3v) is 2.55. The molecule has 94 valence electrons. The van der Waals surface area contributed by atoms with Crippen LogP contribution in [0.3, 0.4) is 0 Å². The van der Waals surface area contributed by atoms with Crippen LogP contribution in [0.25, 0.3) is 12.2 Å². The molecule has 2 nitrogen and oxygen atoms in total. The summed E-state index contributed by atoms with van der Waals surface area (Å²) in [6.07, 6.45) is 5.04. The average molecular weight is 250 g/mol. The van der Waals surface area contributed by atoms with E-state index in [0.717, 1.165) is 17.2 Å². The topological polar surface area (TPSA) is 26.3 Å². The Morgan fingerprint density at radius 3 is 2.37 bits per heavy atom. The largest absolute Gasteiger partial charge is 0.423 e. The van der Waals surface area contributed by atoms with Crippen molar-refractivity contribution in [3.63, 3.8) is 0 Å². The first-order valence-corrected chi connectivity index (χ1v) is 5.96. The van der Waals surface area contributed by atoms with Gasteiger partial charge in [-0.3, -0.25) is 0 Å². The summed E-state index contributed by atoms with van der Waals surface area (Å²) in [4.78, 5) is 11.2. The number of para-hydroxylation sites is 1. The highest BCUT2D eigenvalue weighted by atomic mass is 16.5. The number of hydrogen-bond donors (Lipinski definition) is 0. The van der Waals surface area contributed by atoms with Gasteiger partial charge in [0.2, 0.25) is 0 Å². The van der Waals surface area contributed by atoms with Gasteiger partial charge in [-0.1, -0.05) is 67.3 Å². The zero-order chi connectivity index (χ0) is 13.5. The zero-order valence-corrected chi connectivity index (χ0v) is 10.5. The minimum atomic E-state index is -0.458. The van der Waals surface area contributed by atoms with Gasteiger partial charge in [0, 0.05) is 11.6 Å². The molecule has 0 aliphatic carbocycles. The van der Waals surface area contributed by atoms with Crippen LogP contribution in [0.5, 0.6) is 5.75 Å². The molecule has 2 aromatic rings. The Morgan fingerprint density at radius 2 is 1.63 bits per heavy atom. The first-order chi connectivity index (χ1) is 9.29. The highest BCUT2D eigenvalue weighted by Gasteiger charge is 2.03. The maximum atomic E-state index is 11.2. The van der Waals surface area contributed by atoms with Crippen molar-refractivity contribution in [3.8, 4) is 5.75 Å². The molecule has 0 unspecified atom stereocenters. The first-order valence-electron chi connectivity index (χ1n) is 5.96. The second-order valence-corrected chi connectivity index (χ2v) is 3.91. The predicted molar refractivity (Wildman–Crippen MR) is 77.6 cm³/mol. The zero-order valence-electron chi connectivity index (χ0n) is 10.5. The van der Waals surface area contributed by atoms with Gasteiger partial charge < -0.3 is 4.74 Å². The summed E-state index contributed by atoms with van der Waals surface area (Å²) in [5.41, 5.74) is 1.94.